The summed E-state index contributed by atoms with van der Waals surface area (Å²) in [5, 5.41) is 9.11. The molecule has 1 saturated heterocycles. The van der Waals surface area contributed by atoms with Gasteiger partial charge in [0.2, 0.25) is 0 Å². The van der Waals surface area contributed by atoms with Crippen molar-refractivity contribution in [3.05, 3.63) is 59.7 Å². The normalized spacial score (nSPS) is 15.5. The molecule has 1 aliphatic heterocycles. The zero-order valence-corrected chi connectivity index (χ0v) is 12.2. The van der Waals surface area contributed by atoms with E-state index >= 15 is 0 Å². The first kappa shape index (κ1) is 14.5. The highest BCUT2D eigenvalue weighted by Gasteiger charge is 2.18. The van der Waals surface area contributed by atoms with Gasteiger partial charge in [0, 0.05) is 50.8 Å². The van der Waals surface area contributed by atoms with Crippen molar-refractivity contribution in [3.8, 4) is 6.07 Å². The van der Waals surface area contributed by atoms with Gasteiger partial charge in [-0.15, -0.1) is 0 Å². The molecule has 112 valence electrons. The number of piperazine rings is 1. The lowest BCUT2D eigenvalue weighted by atomic mass is 10.1. The van der Waals surface area contributed by atoms with Crippen LogP contribution < -0.4 is 4.90 Å². The molecule has 2 heterocycles. The Balaban J connectivity index is 1.62. The van der Waals surface area contributed by atoms with E-state index in [-0.39, 0.29) is 5.82 Å². The molecule has 1 aliphatic rings. The molecule has 0 spiro atoms. The summed E-state index contributed by atoms with van der Waals surface area (Å²) in [5.74, 6) is -0.359. The van der Waals surface area contributed by atoms with E-state index < -0.39 is 0 Å². The Morgan fingerprint density at radius 2 is 1.82 bits per heavy atom. The van der Waals surface area contributed by atoms with Crippen molar-refractivity contribution in [1.82, 2.24) is 9.88 Å². The smallest absolute Gasteiger partial charge is 0.124 e. The van der Waals surface area contributed by atoms with Gasteiger partial charge in [0.15, 0.2) is 0 Å². The van der Waals surface area contributed by atoms with E-state index in [1.54, 1.807) is 18.5 Å². The molecule has 0 saturated carbocycles. The minimum absolute atomic E-state index is 0.359. The standard InChI is InChI=1S/C17H17FN4/c18-16-2-1-14(15(11-16)12-19)13-21-7-9-22(10-8-21)17-3-5-20-6-4-17/h1-6,11H,7-10,13H2. The average Bonchev–Trinajstić information content (AvgIpc) is 2.58. The van der Waals surface area contributed by atoms with Crippen LogP contribution in [0.1, 0.15) is 11.1 Å². The summed E-state index contributed by atoms with van der Waals surface area (Å²) in [6.07, 6.45) is 3.61. The molecule has 1 fully saturated rings. The van der Waals surface area contributed by atoms with Gasteiger partial charge in [-0.1, -0.05) is 6.07 Å². The fraction of sp³-hybridized carbons (Fsp3) is 0.294. The highest BCUT2D eigenvalue weighted by atomic mass is 19.1. The first-order valence-electron chi connectivity index (χ1n) is 7.32. The molecule has 5 heteroatoms. The zero-order chi connectivity index (χ0) is 15.4. The van der Waals surface area contributed by atoms with E-state index in [4.69, 9.17) is 5.26 Å². The van der Waals surface area contributed by atoms with Gasteiger partial charge in [-0.2, -0.15) is 5.26 Å². The monoisotopic (exact) mass is 296 g/mol. The van der Waals surface area contributed by atoms with Crippen molar-refractivity contribution in [2.24, 2.45) is 0 Å². The van der Waals surface area contributed by atoms with Gasteiger partial charge in [-0.05, 0) is 29.8 Å². The number of halogens is 1. The summed E-state index contributed by atoms with van der Waals surface area (Å²) >= 11 is 0. The lowest BCUT2D eigenvalue weighted by Gasteiger charge is -2.36. The van der Waals surface area contributed by atoms with Gasteiger partial charge < -0.3 is 4.90 Å². The van der Waals surface area contributed by atoms with Crippen LogP contribution in [0.5, 0.6) is 0 Å². The third kappa shape index (κ3) is 3.23. The van der Waals surface area contributed by atoms with Gasteiger partial charge >= 0.3 is 0 Å². The molecule has 0 aliphatic carbocycles. The molecule has 4 nitrogen and oxygen atoms in total. The Bertz CT molecular complexity index is 673. The number of aromatic nitrogens is 1. The molecule has 2 aromatic rings. The second kappa shape index (κ2) is 6.54. The van der Waals surface area contributed by atoms with Gasteiger partial charge in [0.05, 0.1) is 11.6 Å². The summed E-state index contributed by atoms with van der Waals surface area (Å²) in [4.78, 5) is 8.66. The maximum Gasteiger partial charge on any atom is 0.124 e. The number of nitriles is 1. The molecule has 0 N–H and O–H groups in total. The lowest BCUT2D eigenvalue weighted by molar-refractivity contribution is 0.249. The molecule has 1 aromatic heterocycles. The van der Waals surface area contributed by atoms with Crippen LogP contribution in [0.3, 0.4) is 0 Å². The lowest BCUT2D eigenvalue weighted by Crippen LogP contribution is -2.46. The van der Waals surface area contributed by atoms with Crippen LogP contribution in [-0.2, 0) is 6.54 Å². The zero-order valence-electron chi connectivity index (χ0n) is 12.2. The third-order valence-corrected chi connectivity index (χ3v) is 3.99. The number of rotatable bonds is 3. The summed E-state index contributed by atoms with van der Waals surface area (Å²) < 4.78 is 13.2. The number of hydrogen-bond acceptors (Lipinski definition) is 4. The maximum absolute atomic E-state index is 13.2. The summed E-state index contributed by atoms with van der Waals surface area (Å²) in [7, 11) is 0. The van der Waals surface area contributed by atoms with Crippen molar-refractivity contribution >= 4 is 5.69 Å². The van der Waals surface area contributed by atoms with Crippen molar-refractivity contribution in [2.75, 3.05) is 31.1 Å². The largest absolute Gasteiger partial charge is 0.369 e. The topological polar surface area (TPSA) is 43.2 Å². The number of benzene rings is 1. The SMILES string of the molecule is N#Cc1cc(F)ccc1CN1CCN(c2ccncc2)CC1. The molecule has 0 amide bonds. The Morgan fingerprint density at radius 1 is 1.09 bits per heavy atom. The molecule has 22 heavy (non-hydrogen) atoms. The molecule has 0 unspecified atom stereocenters. The van der Waals surface area contributed by atoms with E-state index in [9.17, 15) is 4.39 Å². The van der Waals surface area contributed by atoms with E-state index in [1.807, 2.05) is 12.1 Å². The minimum atomic E-state index is -0.359. The summed E-state index contributed by atoms with van der Waals surface area (Å²) in [5.41, 5.74) is 2.51. The summed E-state index contributed by atoms with van der Waals surface area (Å²) in [6.45, 7) is 4.41. The van der Waals surface area contributed by atoms with E-state index in [2.05, 4.69) is 20.9 Å². The Morgan fingerprint density at radius 3 is 2.50 bits per heavy atom. The van der Waals surface area contributed by atoms with Crippen molar-refractivity contribution < 1.29 is 4.39 Å². The van der Waals surface area contributed by atoms with E-state index in [0.29, 0.717) is 12.1 Å². The predicted octanol–water partition coefficient (Wildman–Crippen LogP) is 2.41. The second-order valence-corrected chi connectivity index (χ2v) is 5.38. The minimum Gasteiger partial charge on any atom is -0.369 e. The second-order valence-electron chi connectivity index (χ2n) is 5.38. The van der Waals surface area contributed by atoms with Crippen LogP contribution in [0.25, 0.3) is 0 Å². The van der Waals surface area contributed by atoms with Crippen LogP contribution in [0.2, 0.25) is 0 Å². The van der Waals surface area contributed by atoms with Crippen LogP contribution in [0.15, 0.2) is 42.7 Å². The molecule has 0 radical (unpaired) electrons. The Hall–Kier alpha value is -2.45. The van der Waals surface area contributed by atoms with Gasteiger partial charge in [0.1, 0.15) is 5.82 Å². The molecular weight excluding hydrogens is 279 g/mol. The highest BCUT2D eigenvalue weighted by Crippen LogP contribution is 2.18. The van der Waals surface area contributed by atoms with Crippen molar-refractivity contribution in [2.45, 2.75) is 6.54 Å². The highest BCUT2D eigenvalue weighted by molar-refractivity contribution is 5.45. The molecule has 0 bridgehead atoms. The third-order valence-electron chi connectivity index (χ3n) is 3.99. The Kier molecular flexibility index (Phi) is 4.31. The van der Waals surface area contributed by atoms with Gasteiger partial charge in [-0.3, -0.25) is 9.88 Å². The van der Waals surface area contributed by atoms with Gasteiger partial charge in [0.25, 0.3) is 0 Å². The molecule has 0 atom stereocenters. The van der Waals surface area contributed by atoms with Crippen molar-refractivity contribution in [3.63, 3.8) is 0 Å². The van der Waals surface area contributed by atoms with Crippen molar-refractivity contribution in [1.29, 1.82) is 5.26 Å². The predicted molar refractivity (Wildman–Crippen MR) is 82.8 cm³/mol. The summed E-state index contributed by atoms with van der Waals surface area (Å²) in [6, 6.07) is 10.6. The van der Waals surface area contributed by atoms with E-state index in [1.165, 1.54) is 17.8 Å². The quantitative estimate of drug-likeness (QED) is 0.872. The average molecular weight is 296 g/mol. The number of nitrogens with zero attached hydrogens (tertiary/aromatic N) is 4. The molecule has 3 rings (SSSR count). The first-order chi connectivity index (χ1) is 10.8. The number of pyridine rings is 1. The number of anilines is 1. The van der Waals surface area contributed by atoms with Crippen LogP contribution >= 0.6 is 0 Å². The fourth-order valence-electron chi connectivity index (χ4n) is 2.75. The maximum atomic E-state index is 13.2. The van der Waals surface area contributed by atoms with E-state index in [0.717, 1.165) is 31.7 Å². The van der Waals surface area contributed by atoms with Crippen LogP contribution in [0.4, 0.5) is 10.1 Å². The first-order valence-corrected chi connectivity index (χ1v) is 7.32. The van der Waals surface area contributed by atoms with Crippen LogP contribution in [0, 0.1) is 17.1 Å². The Labute approximate surface area is 129 Å². The molecular formula is C17H17FN4. The van der Waals surface area contributed by atoms with Gasteiger partial charge in [-0.25, -0.2) is 4.39 Å². The number of hydrogen-bond donors (Lipinski definition) is 0. The fourth-order valence-corrected chi connectivity index (χ4v) is 2.75. The molecule has 1 aromatic carbocycles. The van der Waals surface area contributed by atoms with Crippen LogP contribution in [-0.4, -0.2) is 36.1 Å².